The minimum Gasteiger partial charge on any atom is -0.460 e. The molecule has 2 bridgehead atoms. The molecule has 33 heavy (non-hydrogen) atoms. The van der Waals surface area contributed by atoms with Gasteiger partial charge in [0.05, 0.1) is 30.9 Å². The number of morpholine rings is 1. The van der Waals surface area contributed by atoms with Crippen molar-refractivity contribution in [3.05, 3.63) is 0 Å². The summed E-state index contributed by atoms with van der Waals surface area (Å²) in [6, 6.07) is 0. The lowest BCUT2D eigenvalue weighted by molar-refractivity contribution is -0.181. The first-order chi connectivity index (χ1) is 15.8. The Labute approximate surface area is 195 Å². The molecule has 3 aliphatic carbocycles. The van der Waals surface area contributed by atoms with Crippen LogP contribution in [0.3, 0.4) is 0 Å². The number of esters is 2. The molecule has 1 N–H and O–H groups in total. The average Bonchev–Trinajstić information content (AvgIpc) is 3.45. The fraction of sp³-hybridized carbons (Fsp3) is 0.913. The van der Waals surface area contributed by atoms with Crippen LogP contribution in [0.4, 0.5) is 0 Å². The summed E-state index contributed by atoms with van der Waals surface area (Å²) in [4.78, 5) is 28.4. The lowest BCUT2D eigenvalue weighted by Crippen LogP contribution is -2.50. The number of nitrogens with one attached hydrogen (secondary N) is 1. The van der Waals surface area contributed by atoms with Crippen molar-refractivity contribution < 1.29 is 32.2 Å². The van der Waals surface area contributed by atoms with Gasteiger partial charge < -0.3 is 14.2 Å². The summed E-state index contributed by atoms with van der Waals surface area (Å²) in [6.45, 7) is 5.06. The first-order valence-corrected chi connectivity index (χ1v) is 14.1. The predicted octanol–water partition coefficient (Wildman–Crippen LogP) is 1.07. The van der Waals surface area contributed by atoms with Gasteiger partial charge in [-0.3, -0.25) is 14.5 Å². The molecule has 9 nitrogen and oxygen atoms in total. The minimum absolute atomic E-state index is 0.125. The van der Waals surface area contributed by atoms with E-state index in [-0.39, 0.29) is 36.2 Å². The van der Waals surface area contributed by atoms with Crippen LogP contribution in [-0.4, -0.2) is 81.6 Å². The Morgan fingerprint density at radius 3 is 2.52 bits per heavy atom. The number of rotatable bonds is 6. The van der Waals surface area contributed by atoms with Crippen molar-refractivity contribution in [2.45, 2.75) is 68.8 Å². The van der Waals surface area contributed by atoms with Crippen molar-refractivity contribution in [1.82, 2.24) is 9.62 Å². The van der Waals surface area contributed by atoms with Gasteiger partial charge in [0.25, 0.3) is 0 Å². The molecule has 5 fully saturated rings. The van der Waals surface area contributed by atoms with Crippen molar-refractivity contribution >= 4 is 22.0 Å². The summed E-state index contributed by atoms with van der Waals surface area (Å²) in [5, 5.41) is -0.599. The zero-order valence-corrected chi connectivity index (χ0v) is 20.2. The molecule has 0 aromatic heterocycles. The number of nitrogens with zero attached hydrogens (tertiary/aromatic N) is 1. The fourth-order valence-corrected chi connectivity index (χ4v) is 9.18. The third-order valence-corrected chi connectivity index (χ3v) is 10.8. The van der Waals surface area contributed by atoms with Crippen LogP contribution in [0.25, 0.3) is 0 Å². The maximum Gasteiger partial charge on any atom is 0.320 e. The van der Waals surface area contributed by atoms with Gasteiger partial charge in [-0.05, 0) is 50.4 Å². The molecule has 0 aromatic rings. The standard InChI is InChI=1S/C23H36N2O7S/c1-2-23(6-4-3-5-7-23)32-22(27)19-16-12-15(17-13-24-33(28,29)21(16)17)20(19)31-18(26)14-25-8-10-30-11-9-25/h15-17,19-21,24H,2-14H2,1H3. The van der Waals surface area contributed by atoms with Gasteiger partial charge in [-0.25, -0.2) is 13.1 Å². The topological polar surface area (TPSA) is 111 Å². The highest BCUT2D eigenvalue weighted by molar-refractivity contribution is 7.90. The summed E-state index contributed by atoms with van der Waals surface area (Å²) in [5.41, 5.74) is -0.480. The SMILES string of the molecule is CCC1(OC(=O)C2C3CC(C4CNS(=O)(=O)C43)C2OC(=O)CN2CCOCC2)CCCCC1. The zero-order valence-electron chi connectivity index (χ0n) is 19.4. The Hall–Kier alpha value is -1.23. The molecule has 0 amide bonds. The average molecular weight is 485 g/mol. The van der Waals surface area contributed by atoms with Crippen LogP contribution in [0.15, 0.2) is 0 Å². The van der Waals surface area contributed by atoms with E-state index in [4.69, 9.17) is 14.2 Å². The Kier molecular flexibility index (Phi) is 6.48. The zero-order chi connectivity index (χ0) is 23.2. The molecular weight excluding hydrogens is 448 g/mol. The number of fused-ring (bicyclic) bond motifs is 5. The highest BCUT2D eigenvalue weighted by Gasteiger charge is 2.68. The van der Waals surface area contributed by atoms with Crippen molar-refractivity contribution in [2.75, 3.05) is 39.4 Å². The first kappa shape index (κ1) is 23.5. The van der Waals surface area contributed by atoms with E-state index >= 15 is 0 Å². The van der Waals surface area contributed by atoms with Gasteiger partial charge in [0, 0.05) is 25.6 Å². The molecule has 2 aliphatic heterocycles. The highest BCUT2D eigenvalue weighted by atomic mass is 32.2. The predicted molar refractivity (Wildman–Crippen MR) is 119 cm³/mol. The third-order valence-electron chi connectivity index (χ3n) is 8.78. The van der Waals surface area contributed by atoms with Crippen LogP contribution >= 0.6 is 0 Å². The number of ether oxygens (including phenoxy) is 3. The molecule has 2 saturated heterocycles. The number of sulfonamides is 1. The third kappa shape index (κ3) is 4.32. The molecule has 2 heterocycles. The van der Waals surface area contributed by atoms with Gasteiger partial charge in [0.15, 0.2) is 0 Å². The number of hydrogen-bond acceptors (Lipinski definition) is 8. The molecule has 0 aromatic carbocycles. The second-order valence-corrected chi connectivity index (χ2v) is 12.4. The van der Waals surface area contributed by atoms with Crippen molar-refractivity contribution in [1.29, 1.82) is 0 Å². The van der Waals surface area contributed by atoms with Crippen LogP contribution in [0.1, 0.15) is 51.9 Å². The van der Waals surface area contributed by atoms with Gasteiger partial charge in [-0.15, -0.1) is 0 Å². The minimum atomic E-state index is -3.47. The Bertz CT molecular complexity index is 866. The molecule has 5 aliphatic rings. The van der Waals surface area contributed by atoms with Crippen LogP contribution in [0.2, 0.25) is 0 Å². The summed E-state index contributed by atoms with van der Waals surface area (Å²) >= 11 is 0. The number of hydrogen-bond donors (Lipinski definition) is 1. The summed E-state index contributed by atoms with van der Waals surface area (Å²) in [7, 11) is -3.47. The van der Waals surface area contributed by atoms with Crippen molar-refractivity contribution in [3.8, 4) is 0 Å². The molecule has 186 valence electrons. The van der Waals surface area contributed by atoms with Gasteiger partial charge in [0.2, 0.25) is 10.0 Å². The molecule has 3 saturated carbocycles. The Balaban J connectivity index is 1.35. The van der Waals surface area contributed by atoms with Crippen LogP contribution in [-0.2, 0) is 33.8 Å². The summed E-state index contributed by atoms with van der Waals surface area (Å²) in [5.74, 6) is -2.09. The molecule has 0 spiro atoms. The normalized spacial score (nSPS) is 39.2. The highest BCUT2D eigenvalue weighted by Crippen LogP contribution is 2.57. The fourth-order valence-electron chi connectivity index (χ4n) is 7.07. The van der Waals surface area contributed by atoms with E-state index in [1.807, 2.05) is 11.8 Å². The van der Waals surface area contributed by atoms with E-state index in [9.17, 15) is 18.0 Å². The summed E-state index contributed by atoms with van der Waals surface area (Å²) in [6.07, 6.45) is 5.58. The Morgan fingerprint density at radius 2 is 1.82 bits per heavy atom. The quantitative estimate of drug-likeness (QED) is 0.558. The van der Waals surface area contributed by atoms with Crippen LogP contribution < -0.4 is 4.72 Å². The molecule has 10 heteroatoms. The first-order valence-electron chi connectivity index (χ1n) is 12.5. The second kappa shape index (κ2) is 9.09. The second-order valence-electron chi connectivity index (χ2n) is 10.5. The van der Waals surface area contributed by atoms with Gasteiger partial charge >= 0.3 is 11.9 Å². The van der Waals surface area contributed by atoms with E-state index in [0.717, 1.165) is 38.5 Å². The molecular formula is C23H36N2O7S. The molecule has 6 atom stereocenters. The lowest BCUT2D eigenvalue weighted by atomic mass is 9.78. The lowest BCUT2D eigenvalue weighted by Gasteiger charge is -2.40. The van der Waals surface area contributed by atoms with E-state index in [1.165, 1.54) is 0 Å². The molecule has 0 radical (unpaired) electrons. The van der Waals surface area contributed by atoms with Gasteiger partial charge in [0.1, 0.15) is 11.7 Å². The van der Waals surface area contributed by atoms with Crippen molar-refractivity contribution in [2.24, 2.45) is 23.7 Å². The van der Waals surface area contributed by atoms with Crippen LogP contribution in [0.5, 0.6) is 0 Å². The van der Waals surface area contributed by atoms with E-state index in [2.05, 4.69) is 4.72 Å². The molecule has 5 rings (SSSR count). The maximum absolute atomic E-state index is 13.6. The number of carbonyl (C=O) groups is 2. The maximum atomic E-state index is 13.6. The van der Waals surface area contributed by atoms with E-state index in [1.54, 1.807) is 0 Å². The van der Waals surface area contributed by atoms with Gasteiger partial charge in [-0.2, -0.15) is 0 Å². The van der Waals surface area contributed by atoms with Crippen LogP contribution in [0, 0.1) is 23.7 Å². The monoisotopic (exact) mass is 484 g/mol. The van der Waals surface area contributed by atoms with Gasteiger partial charge in [-0.1, -0.05) is 13.3 Å². The van der Waals surface area contributed by atoms with Crippen molar-refractivity contribution in [3.63, 3.8) is 0 Å². The largest absolute Gasteiger partial charge is 0.460 e. The molecule has 6 unspecified atom stereocenters. The van der Waals surface area contributed by atoms with E-state index in [0.29, 0.717) is 39.3 Å². The Morgan fingerprint density at radius 1 is 1.09 bits per heavy atom. The van der Waals surface area contributed by atoms with E-state index < -0.39 is 32.9 Å². The number of carbonyl (C=O) groups excluding carboxylic acids is 2. The smallest absolute Gasteiger partial charge is 0.320 e. The summed E-state index contributed by atoms with van der Waals surface area (Å²) < 4.78 is 45.6.